The fourth-order valence-corrected chi connectivity index (χ4v) is 3.16. The maximum absolute atomic E-state index is 10.0. The first-order valence-corrected chi connectivity index (χ1v) is 8.53. The average Bonchev–Trinajstić information content (AvgIpc) is 3.11. The highest BCUT2D eigenvalue weighted by atomic mass is 16.5. The lowest BCUT2D eigenvalue weighted by Crippen LogP contribution is -3.08. The second kappa shape index (κ2) is 7.97. The van der Waals surface area contributed by atoms with Crippen LogP contribution >= 0.6 is 0 Å². The minimum absolute atomic E-state index is 0.132. The molecule has 0 radical (unpaired) electrons. The predicted octanol–water partition coefficient (Wildman–Crippen LogP) is 2.20. The Morgan fingerprint density at radius 1 is 1.08 bits per heavy atom. The highest BCUT2D eigenvalue weighted by Gasteiger charge is 2.15. The maximum Gasteiger partial charge on any atom is 0.166 e. The van der Waals surface area contributed by atoms with E-state index < -0.39 is 0 Å². The monoisotopic (exact) mass is 325 g/mol. The molecule has 0 aromatic heterocycles. The first kappa shape index (κ1) is 16.5. The number of nitrogens with zero attached hydrogens (tertiary/aromatic N) is 1. The van der Waals surface area contributed by atoms with E-state index in [2.05, 4.69) is 29.3 Å². The van der Waals surface area contributed by atoms with Gasteiger partial charge in [0, 0.05) is 30.2 Å². The van der Waals surface area contributed by atoms with E-state index in [1.165, 1.54) is 37.1 Å². The van der Waals surface area contributed by atoms with E-state index in [0.29, 0.717) is 17.9 Å². The third-order valence-electron chi connectivity index (χ3n) is 4.54. The van der Waals surface area contributed by atoms with Gasteiger partial charge in [0.1, 0.15) is 6.54 Å². The highest BCUT2D eigenvalue weighted by Crippen LogP contribution is 2.28. The smallest absolute Gasteiger partial charge is 0.166 e. The van der Waals surface area contributed by atoms with E-state index in [-0.39, 0.29) is 5.75 Å². The van der Waals surface area contributed by atoms with Gasteiger partial charge in [0.2, 0.25) is 0 Å². The molecule has 0 spiro atoms. The fraction of sp³-hybridized carbons (Fsp3) is 0.350. The summed E-state index contributed by atoms with van der Waals surface area (Å²) < 4.78 is 5.10. The van der Waals surface area contributed by atoms with E-state index in [0.717, 1.165) is 6.54 Å². The largest absolute Gasteiger partial charge is 0.504 e. The SMILES string of the molecule is COc1cccc(C=NCc2ccc(C[NH+]3CCCC3)cc2)c1O. The summed E-state index contributed by atoms with van der Waals surface area (Å²) in [5.41, 5.74) is 3.24. The van der Waals surface area contributed by atoms with Gasteiger partial charge in [0.15, 0.2) is 11.5 Å². The molecule has 1 aliphatic rings. The van der Waals surface area contributed by atoms with Gasteiger partial charge < -0.3 is 14.7 Å². The van der Waals surface area contributed by atoms with Crippen LogP contribution < -0.4 is 9.64 Å². The summed E-state index contributed by atoms with van der Waals surface area (Å²) in [6.45, 7) is 4.33. The van der Waals surface area contributed by atoms with E-state index in [1.54, 1.807) is 24.3 Å². The molecule has 126 valence electrons. The molecule has 3 rings (SSSR count). The van der Waals surface area contributed by atoms with Gasteiger partial charge in [-0.2, -0.15) is 0 Å². The summed E-state index contributed by atoms with van der Waals surface area (Å²) in [4.78, 5) is 6.12. The molecule has 2 aromatic carbocycles. The number of likely N-dealkylation sites (tertiary alicyclic amines) is 1. The molecule has 1 aliphatic heterocycles. The van der Waals surface area contributed by atoms with Crippen molar-refractivity contribution in [2.45, 2.75) is 25.9 Å². The van der Waals surface area contributed by atoms with Gasteiger partial charge in [-0.3, -0.25) is 4.99 Å². The number of quaternary nitrogens is 1. The Morgan fingerprint density at radius 2 is 1.79 bits per heavy atom. The average molecular weight is 325 g/mol. The first-order valence-electron chi connectivity index (χ1n) is 8.53. The topological polar surface area (TPSA) is 46.3 Å². The van der Waals surface area contributed by atoms with Crippen LogP contribution in [0.5, 0.6) is 11.5 Å². The highest BCUT2D eigenvalue weighted by molar-refractivity contribution is 5.84. The zero-order chi connectivity index (χ0) is 16.8. The lowest BCUT2D eigenvalue weighted by Gasteiger charge is -2.12. The minimum atomic E-state index is 0.132. The molecule has 0 aliphatic carbocycles. The van der Waals surface area contributed by atoms with Crippen molar-refractivity contribution >= 4 is 6.21 Å². The zero-order valence-electron chi connectivity index (χ0n) is 14.2. The third kappa shape index (κ3) is 4.15. The van der Waals surface area contributed by atoms with Crippen LogP contribution in [-0.2, 0) is 13.1 Å². The number of ether oxygens (including phenoxy) is 1. The number of phenols is 1. The Kier molecular flexibility index (Phi) is 5.49. The van der Waals surface area contributed by atoms with Crippen LogP contribution in [0.15, 0.2) is 47.5 Å². The van der Waals surface area contributed by atoms with Gasteiger partial charge in [-0.05, 0) is 17.7 Å². The molecule has 0 amide bonds. The van der Waals surface area contributed by atoms with E-state index in [1.807, 2.05) is 12.1 Å². The van der Waals surface area contributed by atoms with Crippen LogP contribution in [-0.4, -0.2) is 31.5 Å². The van der Waals surface area contributed by atoms with Crippen molar-refractivity contribution in [3.63, 3.8) is 0 Å². The number of aliphatic imine (C=N–C) groups is 1. The fourth-order valence-electron chi connectivity index (χ4n) is 3.16. The Balaban J connectivity index is 1.58. The van der Waals surface area contributed by atoms with Crippen LogP contribution in [0.25, 0.3) is 0 Å². The normalized spacial score (nSPS) is 15.2. The standard InChI is InChI=1S/C20H24N2O2/c1-24-19-6-4-5-18(20(19)23)14-21-13-16-7-9-17(10-8-16)15-22-11-2-3-12-22/h4-10,14,23H,2-3,11-13,15H2,1H3/p+1. The molecule has 0 unspecified atom stereocenters. The number of aromatic hydroxyl groups is 1. The maximum atomic E-state index is 10.0. The van der Waals surface area contributed by atoms with Gasteiger partial charge in [0.05, 0.1) is 26.7 Å². The van der Waals surface area contributed by atoms with Crippen LogP contribution in [0.2, 0.25) is 0 Å². The molecule has 1 heterocycles. The quantitative estimate of drug-likeness (QED) is 0.800. The summed E-state index contributed by atoms with van der Waals surface area (Å²) in [6, 6.07) is 14.1. The Labute approximate surface area is 143 Å². The number of nitrogens with one attached hydrogen (secondary N) is 1. The number of hydrogen-bond acceptors (Lipinski definition) is 3. The molecule has 0 atom stereocenters. The van der Waals surface area contributed by atoms with E-state index in [4.69, 9.17) is 4.74 Å². The molecule has 4 heteroatoms. The Bertz CT molecular complexity index is 689. The zero-order valence-corrected chi connectivity index (χ0v) is 14.2. The summed E-state index contributed by atoms with van der Waals surface area (Å²) in [6.07, 6.45) is 4.42. The van der Waals surface area contributed by atoms with Gasteiger partial charge >= 0.3 is 0 Å². The van der Waals surface area contributed by atoms with Gasteiger partial charge in [0.25, 0.3) is 0 Å². The molecule has 4 nitrogen and oxygen atoms in total. The number of hydrogen-bond donors (Lipinski definition) is 2. The predicted molar refractivity (Wildman–Crippen MR) is 96.0 cm³/mol. The molecular formula is C20H25N2O2+. The second-order valence-electron chi connectivity index (χ2n) is 6.32. The van der Waals surface area contributed by atoms with Crippen molar-refractivity contribution < 1.29 is 14.7 Å². The molecule has 0 bridgehead atoms. The molecule has 2 aromatic rings. The van der Waals surface area contributed by atoms with Crippen LogP contribution in [0, 0.1) is 0 Å². The van der Waals surface area contributed by atoms with Crippen molar-refractivity contribution in [2.24, 2.45) is 4.99 Å². The van der Waals surface area contributed by atoms with Crippen LogP contribution in [0.4, 0.5) is 0 Å². The second-order valence-corrected chi connectivity index (χ2v) is 6.32. The van der Waals surface area contributed by atoms with Crippen molar-refractivity contribution in [2.75, 3.05) is 20.2 Å². The van der Waals surface area contributed by atoms with Crippen molar-refractivity contribution in [1.29, 1.82) is 0 Å². The van der Waals surface area contributed by atoms with Gasteiger partial charge in [-0.25, -0.2) is 0 Å². The number of methoxy groups -OCH3 is 1. The number of para-hydroxylation sites is 1. The number of benzene rings is 2. The summed E-state index contributed by atoms with van der Waals surface area (Å²) >= 11 is 0. The van der Waals surface area contributed by atoms with E-state index >= 15 is 0 Å². The summed E-state index contributed by atoms with van der Waals surface area (Å²) in [5.74, 6) is 0.598. The molecule has 1 fully saturated rings. The molecule has 2 N–H and O–H groups in total. The molecule has 24 heavy (non-hydrogen) atoms. The minimum Gasteiger partial charge on any atom is -0.504 e. The van der Waals surface area contributed by atoms with Crippen molar-refractivity contribution in [3.8, 4) is 11.5 Å². The van der Waals surface area contributed by atoms with Crippen molar-refractivity contribution in [1.82, 2.24) is 0 Å². The number of rotatable bonds is 6. The molecule has 0 saturated carbocycles. The van der Waals surface area contributed by atoms with Crippen molar-refractivity contribution in [3.05, 3.63) is 59.2 Å². The van der Waals surface area contributed by atoms with E-state index in [9.17, 15) is 5.11 Å². The summed E-state index contributed by atoms with van der Waals surface area (Å²) in [7, 11) is 1.54. The lowest BCUT2D eigenvalue weighted by atomic mass is 10.1. The number of phenolic OH excluding ortho intramolecular Hbond substituents is 1. The summed E-state index contributed by atoms with van der Waals surface area (Å²) in [5, 5.41) is 10.0. The Morgan fingerprint density at radius 3 is 2.50 bits per heavy atom. The van der Waals surface area contributed by atoms with Gasteiger partial charge in [-0.15, -0.1) is 0 Å². The van der Waals surface area contributed by atoms with Gasteiger partial charge in [-0.1, -0.05) is 30.3 Å². The Hall–Kier alpha value is -2.33. The van der Waals surface area contributed by atoms with Crippen LogP contribution in [0.1, 0.15) is 29.5 Å². The lowest BCUT2D eigenvalue weighted by molar-refractivity contribution is -0.901. The van der Waals surface area contributed by atoms with Crippen LogP contribution in [0.3, 0.4) is 0 Å². The molecular weight excluding hydrogens is 300 g/mol. The third-order valence-corrected chi connectivity index (χ3v) is 4.54. The first-order chi connectivity index (χ1) is 11.8. The molecule has 1 saturated heterocycles.